The number of hydrogen-bond donors (Lipinski definition) is 2. The van der Waals surface area contributed by atoms with E-state index in [1.54, 1.807) is 0 Å². The first-order valence-electron chi connectivity index (χ1n) is 15.2. The van der Waals surface area contributed by atoms with Gasteiger partial charge in [-0.2, -0.15) is 13.0 Å². The fraction of sp³-hybridized carbons (Fsp3) is 0.229. The predicted octanol–water partition coefficient (Wildman–Crippen LogP) is 6.92. The Balaban J connectivity index is 1.39. The lowest BCUT2D eigenvalue weighted by Crippen LogP contribution is -2.36. The Morgan fingerprint density at radius 2 is 1.48 bits per heavy atom. The molecule has 9 nitrogen and oxygen atoms in total. The van der Waals surface area contributed by atoms with E-state index in [9.17, 15) is 21.7 Å². The highest BCUT2D eigenvalue weighted by molar-refractivity contribution is 7.85. The zero-order chi connectivity index (χ0) is 32.1. The Hall–Kier alpha value is -4.29. The van der Waals surface area contributed by atoms with Crippen molar-refractivity contribution >= 4 is 44.1 Å². The summed E-state index contributed by atoms with van der Waals surface area (Å²) in [6.45, 7) is 1.01. The molecule has 5 aromatic rings. The first kappa shape index (κ1) is 31.7. The Bertz CT molecular complexity index is 1990. The maximum Gasteiger partial charge on any atom is 0.379 e. The van der Waals surface area contributed by atoms with E-state index in [0.717, 1.165) is 33.5 Å². The van der Waals surface area contributed by atoms with E-state index in [1.807, 2.05) is 83.8 Å². The minimum Gasteiger partial charge on any atom is -0.438 e. The first-order valence-corrected chi connectivity index (χ1v) is 18.0. The third-order valence-electron chi connectivity index (χ3n) is 7.91. The molecule has 0 spiro atoms. The van der Waals surface area contributed by atoms with Crippen LogP contribution in [0.4, 0.5) is 5.69 Å². The number of rotatable bonds is 13. The summed E-state index contributed by atoms with van der Waals surface area (Å²) in [6, 6.07) is 32.1. The highest BCUT2D eigenvalue weighted by Crippen LogP contribution is 2.42. The molecule has 0 amide bonds. The molecule has 0 saturated heterocycles. The molecule has 6 rings (SSSR count). The van der Waals surface area contributed by atoms with Crippen LogP contribution < -0.4 is 14.2 Å². The molecule has 4 aromatic carbocycles. The van der Waals surface area contributed by atoms with Crippen LogP contribution >= 0.6 is 0 Å². The van der Waals surface area contributed by atoms with Crippen LogP contribution in [0.1, 0.15) is 31.6 Å². The van der Waals surface area contributed by atoms with E-state index in [2.05, 4.69) is 28.8 Å². The van der Waals surface area contributed by atoms with E-state index in [0.29, 0.717) is 55.5 Å². The van der Waals surface area contributed by atoms with Gasteiger partial charge in [0.2, 0.25) is 11.5 Å². The van der Waals surface area contributed by atoms with Crippen LogP contribution in [-0.4, -0.2) is 39.8 Å². The summed E-state index contributed by atoms with van der Waals surface area (Å²) < 4.78 is 67.5. The van der Waals surface area contributed by atoms with Crippen LogP contribution in [0.2, 0.25) is 0 Å². The van der Waals surface area contributed by atoms with E-state index < -0.39 is 21.2 Å². The molecular weight excluding hydrogens is 625 g/mol. The largest absolute Gasteiger partial charge is 0.438 e. The molecule has 2 N–H and O–H groups in total. The zero-order valence-corrected chi connectivity index (χ0v) is 26.8. The standard InChI is InChI=1S/C35H34N2O7S2/c38-45(39)21-9-7-19-36-30-23-28(26-11-3-1-4-12-26)15-17-32(30)43-34(36)25-35-37(20-8-10-22-46(40,41)42)31-24-29(16-18-33(31)44-35)27-13-5-2-6-14-27/h1-6,11-18,23-25H,7-10,19-22H2,(H-,38,39,40,41,42)/p+1. The maximum atomic E-state index is 11.4. The topological polar surface area (TPSA) is 121 Å². The molecule has 0 fully saturated rings. The van der Waals surface area contributed by atoms with Crippen molar-refractivity contribution in [3.8, 4) is 28.0 Å². The predicted molar refractivity (Wildman–Crippen MR) is 180 cm³/mol. The number of ether oxygens (including phenoxy) is 1. The number of unbranched alkanes of at least 4 members (excludes halogenated alkanes) is 2. The van der Waals surface area contributed by atoms with Gasteiger partial charge in [-0.25, -0.2) is 4.21 Å². The molecule has 0 saturated carbocycles. The van der Waals surface area contributed by atoms with E-state index >= 15 is 0 Å². The first-order chi connectivity index (χ1) is 22.2. The number of aryl methyl sites for hydroxylation is 1. The Morgan fingerprint density at radius 1 is 0.804 bits per heavy atom. The van der Waals surface area contributed by atoms with Gasteiger partial charge in [-0.1, -0.05) is 72.8 Å². The van der Waals surface area contributed by atoms with Crippen molar-refractivity contribution in [2.75, 3.05) is 23.0 Å². The van der Waals surface area contributed by atoms with Crippen molar-refractivity contribution in [2.45, 2.75) is 32.2 Å². The van der Waals surface area contributed by atoms with Gasteiger partial charge in [-0.3, -0.25) is 4.55 Å². The lowest BCUT2D eigenvalue weighted by Gasteiger charge is -2.18. The summed E-state index contributed by atoms with van der Waals surface area (Å²) in [6.07, 6.45) is 3.86. The van der Waals surface area contributed by atoms with Crippen LogP contribution in [0.25, 0.3) is 39.4 Å². The van der Waals surface area contributed by atoms with Gasteiger partial charge >= 0.3 is 5.89 Å². The molecule has 11 heteroatoms. The molecular formula is C35H35N2O7S2+. The Morgan fingerprint density at radius 3 is 2.15 bits per heavy atom. The molecule has 238 valence electrons. The van der Waals surface area contributed by atoms with Gasteiger partial charge in [0, 0.05) is 24.8 Å². The maximum absolute atomic E-state index is 11.4. The van der Waals surface area contributed by atoms with Crippen molar-refractivity contribution in [1.82, 2.24) is 0 Å². The van der Waals surface area contributed by atoms with Crippen molar-refractivity contribution in [3.05, 3.63) is 109 Å². The summed E-state index contributed by atoms with van der Waals surface area (Å²) in [4.78, 5) is 2.01. The average molecular weight is 660 g/mol. The second kappa shape index (κ2) is 14.0. The summed E-state index contributed by atoms with van der Waals surface area (Å²) in [7, 11) is -4.06. The lowest BCUT2D eigenvalue weighted by molar-refractivity contribution is -0.678. The number of benzene rings is 4. The van der Waals surface area contributed by atoms with Gasteiger partial charge in [0.1, 0.15) is 6.08 Å². The van der Waals surface area contributed by atoms with Crippen LogP contribution in [0.3, 0.4) is 0 Å². The van der Waals surface area contributed by atoms with Gasteiger partial charge in [0.25, 0.3) is 15.6 Å². The normalized spacial score (nSPS) is 14.5. The highest BCUT2D eigenvalue weighted by atomic mass is 32.2. The Kier molecular flexibility index (Phi) is 9.64. The number of fused-ring (bicyclic) bond motifs is 2. The van der Waals surface area contributed by atoms with Gasteiger partial charge < -0.3 is 18.6 Å². The molecule has 0 radical (unpaired) electrons. The fourth-order valence-corrected chi connectivity index (χ4v) is 6.67. The van der Waals surface area contributed by atoms with Crippen LogP contribution in [0, 0.1) is 0 Å². The molecule has 0 bridgehead atoms. The van der Waals surface area contributed by atoms with Gasteiger partial charge in [0.05, 0.1) is 11.4 Å². The fourth-order valence-electron chi connectivity index (χ4n) is 5.65. The van der Waals surface area contributed by atoms with Crippen molar-refractivity contribution in [2.24, 2.45) is 0 Å². The summed E-state index contributed by atoms with van der Waals surface area (Å²) in [5, 5.41) is 0. The van der Waals surface area contributed by atoms with E-state index in [4.69, 9.17) is 9.15 Å². The van der Waals surface area contributed by atoms with Crippen LogP contribution in [0.5, 0.6) is 5.75 Å². The van der Waals surface area contributed by atoms with Gasteiger partial charge in [0.15, 0.2) is 23.4 Å². The number of oxazole rings is 1. The van der Waals surface area contributed by atoms with Crippen molar-refractivity contribution in [1.29, 1.82) is 0 Å². The number of aromatic nitrogens is 1. The third kappa shape index (κ3) is 7.56. The van der Waals surface area contributed by atoms with Gasteiger partial charge in [-0.15, -0.1) is 0 Å². The molecule has 1 aromatic heterocycles. The second-order valence-corrected chi connectivity index (χ2v) is 13.8. The lowest BCUT2D eigenvalue weighted by atomic mass is 10.0. The summed E-state index contributed by atoms with van der Waals surface area (Å²) in [5.41, 5.74) is 6.62. The van der Waals surface area contributed by atoms with Crippen molar-refractivity contribution in [3.63, 3.8) is 0 Å². The zero-order valence-electron chi connectivity index (χ0n) is 25.1. The summed E-state index contributed by atoms with van der Waals surface area (Å²) >= 11 is -1.86. The highest BCUT2D eigenvalue weighted by Gasteiger charge is 2.30. The third-order valence-corrected chi connectivity index (χ3v) is 9.35. The van der Waals surface area contributed by atoms with E-state index in [-0.39, 0.29) is 17.9 Å². The molecule has 46 heavy (non-hydrogen) atoms. The molecule has 1 aliphatic rings. The number of anilines is 1. The van der Waals surface area contributed by atoms with Crippen LogP contribution in [0.15, 0.2) is 107 Å². The average Bonchev–Trinajstić information content (AvgIpc) is 3.57. The monoisotopic (exact) mass is 659 g/mol. The molecule has 2 heterocycles. The Labute approximate surface area is 270 Å². The smallest absolute Gasteiger partial charge is 0.379 e. The minimum atomic E-state index is -4.06. The van der Waals surface area contributed by atoms with Crippen LogP contribution in [-0.2, 0) is 27.7 Å². The molecule has 1 aliphatic heterocycles. The van der Waals surface area contributed by atoms with Gasteiger partial charge in [-0.05, 0) is 59.7 Å². The molecule has 0 aliphatic carbocycles. The number of hydrogen-bond acceptors (Lipinski definition) is 6. The minimum absolute atomic E-state index is 0.196. The molecule has 1 atom stereocenters. The molecule has 1 unspecified atom stereocenters. The SMILES string of the molecule is O=S(O)CCCC[n+]1c(C=C2Oc3ccc(-c4ccccc4)cc3N2CCCCS(=O)(=O)O)oc2ccc(-c3ccccc3)cc21. The van der Waals surface area contributed by atoms with Crippen molar-refractivity contribution < 1.29 is 35.5 Å². The summed E-state index contributed by atoms with van der Waals surface area (Å²) in [5.74, 6) is 1.63. The number of nitrogens with zero attached hydrogens (tertiary/aromatic N) is 2. The second-order valence-electron chi connectivity index (χ2n) is 11.2. The van der Waals surface area contributed by atoms with E-state index in [1.165, 1.54) is 0 Å². The quantitative estimate of drug-likeness (QED) is 0.0605.